The van der Waals surface area contributed by atoms with E-state index in [2.05, 4.69) is 10.0 Å². The number of halogens is 1. The fourth-order valence-corrected chi connectivity index (χ4v) is 7.70. The van der Waals surface area contributed by atoms with Crippen LogP contribution in [0.3, 0.4) is 0 Å². The molecule has 1 saturated heterocycles. The van der Waals surface area contributed by atoms with E-state index in [-0.39, 0.29) is 48.8 Å². The summed E-state index contributed by atoms with van der Waals surface area (Å²) >= 11 is 5.00. The summed E-state index contributed by atoms with van der Waals surface area (Å²) in [7, 11) is -3.64. The number of thiocarbonyl (C=S) groups is 1. The number of sulfonamides is 1. The molecule has 0 radical (unpaired) electrons. The largest absolute Gasteiger partial charge is 0.444 e. The molecule has 4 aliphatic rings. The molecule has 6 N–H and O–H groups in total. The third-order valence-corrected chi connectivity index (χ3v) is 11.2. The summed E-state index contributed by atoms with van der Waals surface area (Å²) in [5, 5.41) is 2.28. The van der Waals surface area contributed by atoms with Crippen molar-refractivity contribution >= 4 is 51.5 Å². The molecule has 256 valence electrons. The second kappa shape index (κ2) is 14.2. The van der Waals surface area contributed by atoms with Gasteiger partial charge in [0, 0.05) is 24.4 Å². The number of nitrogens with two attached hydrogens (primary N) is 2. The summed E-state index contributed by atoms with van der Waals surface area (Å²) < 4.78 is 46.0. The third kappa shape index (κ3) is 8.27. The lowest BCUT2D eigenvalue weighted by molar-refractivity contribution is -0.136. The van der Waals surface area contributed by atoms with Crippen molar-refractivity contribution in [2.75, 3.05) is 6.54 Å². The predicted octanol–water partition coefficient (Wildman–Crippen LogP) is 1.48. The first-order valence-electron chi connectivity index (χ1n) is 15.9. The molecule has 0 aromatic heterocycles. The first kappa shape index (κ1) is 34.7. The van der Waals surface area contributed by atoms with Gasteiger partial charge in [-0.05, 0) is 62.4 Å². The Hall–Kier alpha value is -3.63. The van der Waals surface area contributed by atoms with E-state index in [0.29, 0.717) is 55.9 Å². The number of ether oxygens (including phenoxy) is 1. The van der Waals surface area contributed by atoms with Crippen LogP contribution in [0.4, 0.5) is 9.18 Å². The van der Waals surface area contributed by atoms with Crippen LogP contribution in [0.2, 0.25) is 0 Å². The summed E-state index contributed by atoms with van der Waals surface area (Å²) in [6.45, 7) is 0.325. The lowest BCUT2D eigenvalue weighted by atomic mass is 10.0. The lowest BCUT2D eigenvalue weighted by Crippen LogP contribution is -2.51. The van der Waals surface area contributed by atoms with Crippen molar-refractivity contribution < 1.29 is 36.7 Å². The van der Waals surface area contributed by atoms with Gasteiger partial charge in [-0.2, -0.15) is 0 Å². The van der Waals surface area contributed by atoms with E-state index in [4.69, 9.17) is 28.4 Å². The molecular weight excluding hydrogens is 652 g/mol. The summed E-state index contributed by atoms with van der Waals surface area (Å²) in [5.41, 5.74) is 11.8. The quantitative estimate of drug-likeness (QED) is 0.0955. The second-order valence-electron chi connectivity index (χ2n) is 12.8. The van der Waals surface area contributed by atoms with Gasteiger partial charge < -0.3 is 31.2 Å². The zero-order valence-corrected chi connectivity index (χ0v) is 27.6. The monoisotopic (exact) mass is 692 g/mol. The standard InChI is InChI=1S/C31H41FN6O7S2/c32-25-9-6-7-19-15-37(17-24(19)25)30(42)45-22-13-21(18-39)38(16-22)27(40)26(35-29(33)46)10-5-3-1-2-4-8-20-14-31(20,34)28(41)36-47(43,44)23-11-12-23/h4,6-9,18,20-23,26H,1-3,5,10-17,34H2,(H,36,41)(H3,33,35,46)/b8-4-/t20-,21+,22-,26+,31-/m1/s1. The fourth-order valence-electron chi connectivity index (χ4n) is 6.19. The number of nitrogens with one attached hydrogen (secondary N) is 2. The number of carbonyl (C=O) groups excluding carboxylic acids is 4. The van der Waals surface area contributed by atoms with Gasteiger partial charge >= 0.3 is 6.09 Å². The molecule has 47 heavy (non-hydrogen) atoms. The van der Waals surface area contributed by atoms with E-state index in [0.717, 1.165) is 12.8 Å². The van der Waals surface area contributed by atoms with Crippen LogP contribution < -0.4 is 21.5 Å². The number of amides is 3. The number of carbonyl (C=O) groups is 4. The summed E-state index contributed by atoms with van der Waals surface area (Å²) in [4.78, 5) is 53.4. The Morgan fingerprint density at radius 3 is 2.64 bits per heavy atom. The van der Waals surface area contributed by atoms with E-state index < -0.39 is 51.0 Å². The summed E-state index contributed by atoms with van der Waals surface area (Å²) in [6.07, 6.45) is 8.03. The van der Waals surface area contributed by atoms with E-state index >= 15 is 0 Å². The highest BCUT2D eigenvalue weighted by Gasteiger charge is 2.57. The molecule has 0 spiro atoms. The molecule has 0 bridgehead atoms. The molecule has 16 heteroatoms. The van der Waals surface area contributed by atoms with Gasteiger partial charge in [0.25, 0.3) is 5.91 Å². The number of hydrogen-bond acceptors (Lipinski definition) is 9. The fraction of sp³-hybridized carbons (Fsp3) is 0.581. The molecule has 2 heterocycles. The highest BCUT2D eigenvalue weighted by molar-refractivity contribution is 7.91. The second-order valence-corrected chi connectivity index (χ2v) is 15.2. The van der Waals surface area contributed by atoms with Gasteiger partial charge in [0.1, 0.15) is 29.8 Å². The summed E-state index contributed by atoms with van der Waals surface area (Å²) in [6, 6.07) is 3.12. The number of hydrogen-bond donors (Lipinski definition) is 4. The Kier molecular flexibility index (Phi) is 10.5. The van der Waals surface area contributed by atoms with Crippen molar-refractivity contribution in [3.05, 3.63) is 47.3 Å². The van der Waals surface area contributed by atoms with Crippen molar-refractivity contribution in [3.63, 3.8) is 0 Å². The Bertz CT molecular complexity index is 1550. The molecule has 1 aromatic carbocycles. The molecule has 2 aliphatic carbocycles. The molecule has 2 saturated carbocycles. The van der Waals surface area contributed by atoms with Crippen LogP contribution in [0.15, 0.2) is 30.4 Å². The minimum atomic E-state index is -3.64. The molecule has 2 aliphatic heterocycles. The Balaban J connectivity index is 1.05. The van der Waals surface area contributed by atoms with Crippen LogP contribution in [0, 0.1) is 11.7 Å². The van der Waals surface area contributed by atoms with Crippen molar-refractivity contribution in [3.8, 4) is 0 Å². The number of likely N-dealkylation sites (tertiary alicyclic amines) is 1. The van der Waals surface area contributed by atoms with Crippen molar-refractivity contribution in [1.29, 1.82) is 0 Å². The van der Waals surface area contributed by atoms with Gasteiger partial charge in [-0.15, -0.1) is 0 Å². The van der Waals surface area contributed by atoms with Gasteiger partial charge in [-0.25, -0.2) is 17.6 Å². The average molecular weight is 693 g/mol. The number of benzene rings is 1. The minimum Gasteiger partial charge on any atom is -0.444 e. The van der Waals surface area contributed by atoms with E-state index in [9.17, 15) is 32.0 Å². The van der Waals surface area contributed by atoms with Crippen LogP contribution in [0.5, 0.6) is 0 Å². The smallest absolute Gasteiger partial charge is 0.410 e. The maximum atomic E-state index is 14.1. The maximum Gasteiger partial charge on any atom is 0.410 e. The number of aldehydes is 1. The van der Waals surface area contributed by atoms with Gasteiger partial charge in [0.05, 0.1) is 24.4 Å². The molecule has 13 nitrogen and oxygen atoms in total. The molecule has 3 fully saturated rings. The molecule has 5 atom stereocenters. The Morgan fingerprint density at radius 2 is 1.96 bits per heavy atom. The highest BCUT2D eigenvalue weighted by atomic mass is 32.2. The topological polar surface area (TPSA) is 194 Å². The molecule has 5 rings (SSSR count). The molecule has 1 aromatic rings. The Morgan fingerprint density at radius 1 is 1.19 bits per heavy atom. The van der Waals surface area contributed by atoms with Crippen LogP contribution in [0.1, 0.15) is 68.9 Å². The normalized spacial score (nSPS) is 25.7. The van der Waals surface area contributed by atoms with Crippen LogP contribution in [-0.4, -0.2) is 83.0 Å². The van der Waals surface area contributed by atoms with Gasteiger partial charge in [-0.3, -0.25) is 19.2 Å². The van der Waals surface area contributed by atoms with Crippen LogP contribution >= 0.6 is 12.2 Å². The maximum absolute atomic E-state index is 14.1. The van der Waals surface area contributed by atoms with Crippen molar-refractivity contribution in [2.45, 2.75) is 99.9 Å². The van der Waals surface area contributed by atoms with E-state index in [1.54, 1.807) is 12.1 Å². The zero-order chi connectivity index (χ0) is 33.9. The number of fused-ring (bicyclic) bond motifs is 1. The summed E-state index contributed by atoms with van der Waals surface area (Å²) in [5.74, 6) is -1.64. The Labute approximate surface area is 278 Å². The SMILES string of the molecule is NC(=S)N[C@@H](CCCCC/C=C\[C@@H]1C[C@]1(N)C(=O)NS(=O)(=O)C1CC1)C(=O)N1C[C@H](OC(=O)N2Cc3cccc(F)c3C2)C[C@H]1C=O. The van der Waals surface area contributed by atoms with E-state index in [1.807, 2.05) is 12.2 Å². The van der Waals surface area contributed by atoms with Crippen LogP contribution in [-0.2, 0) is 42.2 Å². The van der Waals surface area contributed by atoms with Crippen molar-refractivity contribution in [1.82, 2.24) is 19.8 Å². The van der Waals surface area contributed by atoms with Gasteiger partial charge in [0.15, 0.2) is 5.11 Å². The van der Waals surface area contributed by atoms with Gasteiger partial charge in [-0.1, -0.05) is 37.1 Å². The third-order valence-electron chi connectivity index (χ3n) is 9.22. The number of allylic oxidation sites excluding steroid dienone is 1. The number of nitrogens with zero attached hydrogens (tertiary/aromatic N) is 2. The molecular formula is C31H41FN6O7S2. The minimum absolute atomic E-state index is 0.0256. The first-order chi connectivity index (χ1) is 22.3. The van der Waals surface area contributed by atoms with Crippen molar-refractivity contribution in [2.24, 2.45) is 17.4 Å². The number of rotatable bonds is 14. The average Bonchev–Trinajstić information content (AvgIpc) is 3.89. The van der Waals surface area contributed by atoms with Crippen LogP contribution in [0.25, 0.3) is 0 Å². The predicted molar refractivity (Wildman–Crippen MR) is 173 cm³/mol. The lowest BCUT2D eigenvalue weighted by Gasteiger charge is -2.27. The van der Waals surface area contributed by atoms with Gasteiger partial charge in [0.2, 0.25) is 15.9 Å². The van der Waals surface area contributed by atoms with E-state index in [1.165, 1.54) is 15.9 Å². The first-order valence-corrected chi connectivity index (χ1v) is 17.8. The zero-order valence-electron chi connectivity index (χ0n) is 25.9. The molecule has 3 amide bonds. The number of unbranched alkanes of at least 4 members (excludes halogenated alkanes) is 3. The highest BCUT2D eigenvalue weighted by Crippen LogP contribution is 2.43. The molecule has 0 unspecified atom stereocenters.